The smallest absolute Gasteiger partial charge is 0.146 e. The van der Waals surface area contributed by atoms with Gasteiger partial charge in [-0.3, -0.25) is 0 Å². The monoisotopic (exact) mass is 428 g/mol. The molecule has 0 saturated carbocycles. The van der Waals surface area contributed by atoms with E-state index in [1.165, 1.54) is 116 Å². The zero-order chi connectivity index (χ0) is 18.6. The van der Waals surface area contributed by atoms with Crippen LogP contribution in [0.4, 0.5) is 0 Å². The molecule has 152 valence electrons. The van der Waals surface area contributed by atoms with Crippen LogP contribution in [0.25, 0.3) is 0 Å². The lowest BCUT2D eigenvalue weighted by Crippen LogP contribution is -2.11. The lowest BCUT2D eigenvalue weighted by molar-refractivity contribution is 0.526. The molecule has 0 aromatic carbocycles. The van der Waals surface area contributed by atoms with Crippen molar-refractivity contribution in [3.05, 3.63) is 0 Å². The summed E-state index contributed by atoms with van der Waals surface area (Å²) >= 11 is 17.9. The van der Waals surface area contributed by atoms with E-state index < -0.39 is 6.69 Å². The molecule has 0 amide bonds. The highest BCUT2D eigenvalue weighted by molar-refractivity contribution is 7.44. The van der Waals surface area contributed by atoms with Gasteiger partial charge in [0.05, 0.1) is 0 Å². The molecule has 0 N–H and O–H groups in total. The quantitative estimate of drug-likeness (QED) is 0.0781. The van der Waals surface area contributed by atoms with Crippen LogP contribution in [0.15, 0.2) is 0 Å². The normalized spacial score (nSPS) is 12.0. The van der Waals surface area contributed by atoms with E-state index in [9.17, 15) is 0 Å². The van der Waals surface area contributed by atoms with Crippen LogP contribution in [0.5, 0.6) is 0 Å². The summed E-state index contributed by atoms with van der Waals surface area (Å²) in [7, 11) is 0. The van der Waals surface area contributed by atoms with E-state index in [4.69, 9.17) is 33.8 Å². The highest BCUT2D eigenvalue weighted by Crippen LogP contribution is 2.23. The van der Waals surface area contributed by atoms with Crippen molar-refractivity contribution in [2.24, 2.45) is 0 Å². The van der Waals surface area contributed by atoms with E-state index in [2.05, 4.69) is 0 Å². The standard InChI is InChI=1S/C21H43Cl3Si/c1-25(23,24)21-19-17-15-13-11-9-7-5-3-2-4-6-8-10-12-14-16-18-20-22/h2-21H2,1H3. The van der Waals surface area contributed by atoms with Gasteiger partial charge in [0.1, 0.15) is 0 Å². The molecule has 0 aromatic heterocycles. The fourth-order valence-electron chi connectivity index (χ4n) is 3.36. The van der Waals surface area contributed by atoms with Gasteiger partial charge in [-0.15, -0.1) is 33.8 Å². The summed E-state index contributed by atoms with van der Waals surface area (Å²) in [5.41, 5.74) is 0. The molecule has 0 nitrogen and oxygen atoms in total. The SMILES string of the molecule is C[Si](Cl)(Cl)CCCCCCCCCCCCCCCCCCCCCl. The second kappa shape index (κ2) is 19.8. The Hall–Kier alpha value is 1.09. The Bertz CT molecular complexity index is 254. The maximum atomic E-state index is 6.12. The van der Waals surface area contributed by atoms with Crippen molar-refractivity contribution in [2.75, 3.05) is 5.88 Å². The molecule has 0 aliphatic rings. The van der Waals surface area contributed by atoms with Crippen LogP contribution >= 0.6 is 33.8 Å². The topological polar surface area (TPSA) is 0 Å². The van der Waals surface area contributed by atoms with Crippen LogP contribution in [0, 0.1) is 0 Å². The Morgan fingerprint density at radius 2 is 0.680 bits per heavy atom. The first-order valence-electron chi connectivity index (χ1n) is 11.0. The summed E-state index contributed by atoms with van der Waals surface area (Å²) in [6.07, 6.45) is 25.0. The Balaban J connectivity index is 3.01. The van der Waals surface area contributed by atoms with E-state index in [0.717, 1.165) is 11.9 Å². The van der Waals surface area contributed by atoms with Gasteiger partial charge >= 0.3 is 0 Å². The highest BCUT2D eigenvalue weighted by Gasteiger charge is 2.19. The molecule has 0 bridgehead atoms. The number of hydrogen-bond donors (Lipinski definition) is 0. The molecular weight excluding hydrogens is 387 g/mol. The van der Waals surface area contributed by atoms with Crippen LogP contribution in [0.3, 0.4) is 0 Å². The highest BCUT2D eigenvalue weighted by atomic mass is 35.7. The van der Waals surface area contributed by atoms with Gasteiger partial charge in [0.2, 0.25) is 6.69 Å². The Morgan fingerprint density at radius 1 is 0.440 bits per heavy atom. The molecule has 0 fully saturated rings. The molecular formula is C21H43Cl3Si. The summed E-state index contributed by atoms with van der Waals surface area (Å²) in [4.78, 5) is 0. The Morgan fingerprint density at radius 3 is 0.920 bits per heavy atom. The van der Waals surface area contributed by atoms with Gasteiger partial charge in [-0.1, -0.05) is 109 Å². The van der Waals surface area contributed by atoms with Crippen LogP contribution in [0.1, 0.15) is 116 Å². The molecule has 0 saturated heterocycles. The molecule has 0 rings (SSSR count). The number of hydrogen-bond acceptors (Lipinski definition) is 0. The fourth-order valence-corrected chi connectivity index (χ4v) is 5.22. The zero-order valence-electron chi connectivity index (χ0n) is 16.8. The van der Waals surface area contributed by atoms with Crippen LogP contribution in [-0.4, -0.2) is 12.6 Å². The van der Waals surface area contributed by atoms with E-state index in [-0.39, 0.29) is 0 Å². The van der Waals surface area contributed by atoms with Crippen molar-refractivity contribution in [3.63, 3.8) is 0 Å². The molecule has 0 atom stereocenters. The fraction of sp³-hybridized carbons (Fsp3) is 1.00. The second-order valence-corrected chi connectivity index (χ2v) is 16.5. The number of unbranched alkanes of at least 4 members (excludes halogenated alkanes) is 17. The average molecular weight is 430 g/mol. The average Bonchev–Trinajstić information content (AvgIpc) is 2.56. The van der Waals surface area contributed by atoms with Crippen molar-refractivity contribution in [2.45, 2.75) is 128 Å². The minimum absolute atomic E-state index is 0.837. The van der Waals surface area contributed by atoms with Gasteiger partial charge in [-0.25, -0.2) is 0 Å². The minimum Gasteiger partial charge on any atom is -0.146 e. The van der Waals surface area contributed by atoms with E-state index >= 15 is 0 Å². The molecule has 0 aliphatic heterocycles. The molecule has 0 unspecified atom stereocenters. The van der Waals surface area contributed by atoms with Crippen LogP contribution in [-0.2, 0) is 0 Å². The summed E-state index contributed by atoms with van der Waals surface area (Å²) in [6, 6.07) is 1.06. The third kappa shape index (κ3) is 25.1. The predicted molar refractivity (Wildman–Crippen MR) is 122 cm³/mol. The van der Waals surface area contributed by atoms with Crippen LogP contribution < -0.4 is 0 Å². The van der Waals surface area contributed by atoms with Crippen LogP contribution in [0.2, 0.25) is 12.6 Å². The van der Waals surface area contributed by atoms with Gasteiger partial charge < -0.3 is 0 Å². The summed E-state index contributed by atoms with van der Waals surface area (Å²) in [5, 5.41) is 0. The van der Waals surface area contributed by atoms with Gasteiger partial charge in [-0.05, 0) is 19.0 Å². The third-order valence-corrected chi connectivity index (χ3v) is 7.63. The summed E-state index contributed by atoms with van der Waals surface area (Å²) < 4.78 is 0. The lowest BCUT2D eigenvalue weighted by Gasteiger charge is -2.09. The predicted octanol–water partition coefficient (Wildman–Crippen LogP) is 9.80. The molecule has 0 heterocycles. The molecule has 0 aliphatic carbocycles. The first kappa shape index (κ1) is 26.1. The number of rotatable bonds is 20. The summed E-state index contributed by atoms with van der Waals surface area (Å²) in [5.74, 6) is 0.837. The molecule has 25 heavy (non-hydrogen) atoms. The third-order valence-electron chi connectivity index (χ3n) is 5.00. The van der Waals surface area contributed by atoms with Gasteiger partial charge in [0, 0.05) is 5.88 Å². The zero-order valence-corrected chi connectivity index (χ0v) is 20.0. The van der Waals surface area contributed by atoms with Crippen molar-refractivity contribution in [1.29, 1.82) is 0 Å². The Kier molecular flexibility index (Phi) is 20.7. The van der Waals surface area contributed by atoms with Crippen molar-refractivity contribution < 1.29 is 0 Å². The van der Waals surface area contributed by atoms with Gasteiger partial charge in [0.25, 0.3) is 0 Å². The van der Waals surface area contributed by atoms with E-state index in [1.807, 2.05) is 6.55 Å². The molecule has 4 heteroatoms. The maximum Gasteiger partial charge on any atom is 0.248 e. The molecule has 0 radical (unpaired) electrons. The van der Waals surface area contributed by atoms with Gasteiger partial charge in [0.15, 0.2) is 0 Å². The lowest BCUT2D eigenvalue weighted by atomic mass is 10.0. The maximum absolute atomic E-state index is 6.12. The number of alkyl halides is 1. The van der Waals surface area contributed by atoms with Gasteiger partial charge in [-0.2, -0.15) is 0 Å². The van der Waals surface area contributed by atoms with Crippen molar-refractivity contribution >= 4 is 40.5 Å². The largest absolute Gasteiger partial charge is 0.248 e. The summed E-state index contributed by atoms with van der Waals surface area (Å²) in [6.45, 7) is 0.199. The Labute approximate surface area is 174 Å². The second-order valence-electron chi connectivity index (χ2n) is 7.87. The van der Waals surface area contributed by atoms with E-state index in [0.29, 0.717) is 0 Å². The van der Waals surface area contributed by atoms with Crippen molar-refractivity contribution in [1.82, 2.24) is 0 Å². The molecule has 0 aromatic rings. The first-order chi connectivity index (χ1) is 12.1. The van der Waals surface area contributed by atoms with Crippen molar-refractivity contribution in [3.8, 4) is 0 Å². The molecule has 0 spiro atoms. The van der Waals surface area contributed by atoms with E-state index in [1.54, 1.807) is 0 Å². The number of halogens is 3. The minimum atomic E-state index is -1.83. The first-order valence-corrected chi connectivity index (χ1v) is 16.3.